The van der Waals surface area contributed by atoms with Crippen LogP contribution in [0.5, 0.6) is 0 Å². The summed E-state index contributed by atoms with van der Waals surface area (Å²) < 4.78 is 0. The monoisotopic (exact) mass is 277 g/mol. The van der Waals surface area contributed by atoms with Crippen molar-refractivity contribution in [3.8, 4) is 0 Å². The summed E-state index contributed by atoms with van der Waals surface area (Å²) in [6.07, 6.45) is 3.14. The molecule has 20 heavy (non-hydrogen) atoms. The molecular weight excluding hydrogens is 262 g/mol. The van der Waals surface area contributed by atoms with Crippen molar-refractivity contribution < 1.29 is 19.2 Å². The molecule has 1 heterocycles. The Morgan fingerprint density at radius 3 is 2.75 bits per heavy atom. The molecule has 1 aromatic rings. The third-order valence-electron chi connectivity index (χ3n) is 2.37. The average Bonchev–Trinajstić information content (AvgIpc) is 2.49. The van der Waals surface area contributed by atoms with Gasteiger partial charge in [0, 0.05) is 19.3 Å². The Balaban J connectivity index is 3.08. The van der Waals surface area contributed by atoms with Crippen LogP contribution in [0, 0.1) is 0 Å². The molecule has 1 rings (SSSR count). The van der Waals surface area contributed by atoms with Crippen LogP contribution in [0.25, 0.3) is 5.57 Å². The maximum absolute atomic E-state index is 12.1. The molecule has 7 nitrogen and oxygen atoms in total. The van der Waals surface area contributed by atoms with Crippen LogP contribution in [0.3, 0.4) is 0 Å². The Bertz CT molecular complexity index is 514. The molecule has 0 spiro atoms. The van der Waals surface area contributed by atoms with Crippen LogP contribution in [0.15, 0.2) is 30.5 Å². The third-order valence-corrected chi connectivity index (χ3v) is 2.37. The van der Waals surface area contributed by atoms with E-state index in [1.807, 2.05) is 0 Å². The molecule has 0 saturated carbocycles. The van der Waals surface area contributed by atoms with Gasteiger partial charge >= 0.3 is 0 Å². The highest BCUT2D eigenvalue weighted by molar-refractivity contribution is 6.22. The molecule has 0 bridgehead atoms. The van der Waals surface area contributed by atoms with Crippen molar-refractivity contribution in [3.05, 3.63) is 36.2 Å². The molecule has 0 aliphatic heterocycles. The Morgan fingerprint density at radius 1 is 1.45 bits per heavy atom. The highest BCUT2D eigenvalue weighted by atomic mass is 16.7. The van der Waals surface area contributed by atoms with Crippen LogP contribution in [-0.2, 0) is 19.2 Å². The molecule has 0 unspecified atom stereocenters. The van der Waals surface area contributed by atoms with E-state index in [4.69, 9.17) is 4.84 Å². The van der Waals surface area contributed by atoms with Crippen molar-refractivity contribution >= 4 is 23.7 Å². The van der Waals surface area contributed by atoms with E-state index >= 15 is 0 Å². The van der Waals surface area contributed by atoms with Crippen molar-refractivity contribution in [2.24, 2.45) is 0 Å². The van der Waals surface area contributed by atoms with Crippen LogP contribution in [0.4, 0.5) is 0 Å². The maximum atomic E-state index is 12.1. The fraction of sp³-hybridized carbons (Fsp3) is 0.231. The first-order valence-electron chi connectivity index (χ1n) is 5.77. The molecule has 1 N–H and O–H groups in total. The number of pyridine rings is 1. The van der Waals surface area contributed by atoms with Gasteiger partial charge in [-0.15, -0.1) is 0 Å². The van der Waals surface area contributed by atoms with Gasteiger partial charge in [-0.25, -0.2) is 5.06 Å². The number of nitrogens with zero attached hydrogens (tertiary/aromatic N) is 2. The highest BCUT2D eigenvalue weighted by Gasteiger charge is 2.19. The third kappa shape index (κ3) is 4.29. The van der Waals surface area contributed by atoms with E-state index in [2.05, 4.69) is 10.3 Å². The minimum Gasteiger partial charge on any atom is -0.346 e. The van der Waals surface area contributed by atoms with Gasteiger partial charge < -0.3 is 10.1 Å². The first-order valence-corrected chi connectivity index (χ1v) is 5.77. The summed E-state index contributed by atoms with van der Waals surface area (Å²) in [5, 5.41) is 3.30. The van der Waals surface area contributed by atoms with E-state index in [1.165, 1.54) is 20.4 Å². The van der Waals surface area contributed by atoms with Crippen LogP contribution < -0.4 is 5.32 Å². The number of carbonyl (C=O) groups is 3. The largest absolute Gasteiger partial charge is 0.346 e. The summed E-state index contributed by atoms with van der Waals surface area (Å²) in [5.74, 6) is -1.08. The molecule has 2 amide bonds. The van der Waals surface area contributed by atoms with Gasteiger partial charge in [0.05, 0.1) is 24.9 Å². The summed E-state index contributed by atoms with van der Waals surface area (Å²) in [5.41, 5.74) is 0.404. The lowest BCUT2D eigenvalue weighted by Crippen LogP contribution is -2.29. The fourth-order valence-corrected chi connectivity index (χ4v) is 1.34. The lowest BCUT2D eigenvalue weighted by atomic mass is 10.1. The quantitative estimate of drug-likeness (QED) is 0.442. The zero-order valence-electron chi connectivity index (χ0n) is 11.2. The number of aromatic nitrogens is 1. The molecule has 7 heteroatoms. The number of hydrogen-bond donors (Lipinski definition) is 1. The Hall–Kier alpha value is -2.54. The molecule has 0 saturated heterocycles. The Kier molecular flexibility index (Phi) is 6.05. The van der Waals surface area contributed by atoms with Crippen LogP contribution in [0.1, 0.15) is 5.69 Å². The maximum Gasteiger partial charge on any atom is 0.279 e. The van der Waals surface area contributed by atoms with Crippen molar-refractivity contribution in [2.45, 2.75) is 0 Å². The summed E-state index contributed by atoms with van der Waals surface area (Å²) in [4.78, 5) is 42.8. The lowest BCUT2D eigenvalue weighted by molar-refractivity contribution is -0.161. The van der Waals surface area contributed by atoms with Gasteiger partial charge in [0.25, 0.3) is 5.91 Å². The van der Waals surface area contributed by atoms with E-state index in [-0.39, 0.29) is 12.1 Å². The number of amides is 2. The van der Waals surface area contributed by atoms with Crippen molar-refractivity contribution in [2.75, 3.05) is 20.7 Å². The minimum absolute atomic E-state index is 0.0679. The van der Waals surface area contributed by atoms with E-state index in [9.17, 15) is 14.4 Å². The van der Waals surface area contributed by atoms with E-state index < -0.39 is 11.8 Å². The number of likely N-dealkylation sites (N-methyl/N-ethyl adjacent to an activating group) is 1. The lowest BCUT2D eigenvalue weighted by Gasteiger charge is -2.15. The summed E-state index contributed by atoms with van der Waals surface area (Å²) in [6.45, 7) is -0.126. The second kappa shape index (κ2) is 7.80. The number of nitrogens with one attached hydrogen (secondary N) is 1. The van der Waals surface area contributed by atoms with Gasteiger partial charge in [0.15, 0.2) is 0 Å². The molecule has 106 valence electrons. The predicted octanol–water partition coefficient (Wildman–Crippen LogP) is -0.200. The van der Waals surface area contributed by atoms with Gasteiger partial charge in [-0.3, -0.25) is 19.4 Å². The van der Waals surface area contributed by atoms with Gasteiger partial charge in [0.1, 0.15) is 6.29 Å². The number of carbonyl (C=O) groups excluding carboxylic acids is 3. The Labute approximate surface area is 116 Å². The van der Waals surface area contributed by atoms with Gasteiger partial charge in [-0.1, -0.05) is 6.07 Å². The first kappa shape index (κ1) is 15.5. The zero-order valence-corrected chi connectivity index (χ0v) is 11.2. The standard InChI is InChI=1S/C13H15N3O4/c1-16(20-2)13(19)10(9-12(18)15-7-8-17)11-5-3-4-6-14-11/h3-6,8-9H,7H2,1-2H3,(H,15,18). The molecular formula is C13H15N3O4. The summed E-state index contributed by atoms with van der Waals surface area (Å²) >= 11 is 0. The predicted molar refractivity (Wildman–Crippen MR) is 71.1 cm³/mol. The SMILES string of the molecule is CON(C)C(=O)C(=CC(=O)NCC=O)c1ccccn1. The van der Waals surface area contributed by atoms with E-state index in [0.717, 1.165) is 11.1 Å². The number of hydroxylamine groups is 2. The molecule has 1 aromatic heterocycles. The summed E-state index contributed by atoms with van der Waals surface area (Å²) in [6, 6.07) is 4.98. The van der Waals surface area contributed by atoms with Crippen LogP contribution >= 0.6 is 0 Å². The fourth-order valence-electron chi connectivity index (χ4n) is 1.34. The smallest absolute Gasteiger partial charge is 0.279 e. The van der Waals surface area contributed by atoms with Crippen molar-refractivity contribution in [3.63, 3.8) is 0 Å². The zero-order chi connectivity index (χ0) is 15.0. The molecule has 0 aliphatic carbocycles. The van der Waals surface area contributed by atoms with Crippen LogP contribution in [-0.4, -0.2) is 48.8 Å². The normalized spacial score (nSPS) is 10.8. The van der Waals surface area contributed by atoms with E-state index in [1.54, 1.807) is 18.2 Å². The molecule has 0 fully saturated rings. The second-order valence-corrected chi connectivity index (χ2v) is 3.67. The highest BCUT2D eigenvalue weighted by Crippen LogP contribution is 2.14. The second-order valence-electron chi connectivity index (χ2n) is 3.67. The number of aldehydes is 1. The van der Waals surface area contributed by atoms with Crippen molar-refractivity contribution in [1.29, 1.82) is 0 Å². The molecule has 0 atom stereocenters. The number of hydrogen-bond acceptors (Lipinski definition) is 5. The minimum atomic E-state index is -0.560. The van der Waals surface area contributed by atoms with Crippen molar-refractivity contribution in [1.82, 2.24) is 15.4 Å². The van der Waals surface area contributed by atoms with Gasteiger partial charge in [0.2, 0.25) is 5.91 Å². The average molecular weight is 277 g/mol. The molecule has 0 aliphatic rings. The van der Waals surface area contributed by atoms with Crippen LogP contribution in [0.2, 0.25) is 0 Å². The van der Waals surface area contributed by atoms with E-state index in [0.29, 0.717) is 12.0 Å². The van der Waals surface area contributed by atoms with Gasteiger partial charge in [-0.05, 0) is 12.1 Å². The van der Waals surface area contributed by atoms with Gasteiger partial charge in [-0.2, -0.15) is 0 Å². The topological polar surface area (TPSA) is 88.6 Å². The Morgan fingerprint density at radius 2 is 2.20 bits per heavy atom. The summed E-state index contributed by atoms with van der Waals surface area (Å²) in [7, 11) is 2.75. The molecule has 0 radical (unpaired) electrons. The molecule has 0 aromatic carbocycles. The first-order chi connectivity index (χ1) is 9.60. The number of rotatable bonds is 6.